The monoisotopic (exact) mass is 718 g/mol. The van der Waals surface area contributed by atoms with Crippen LogP contribution in [0.15, 0.2) is 54.0 Å². The number of rotatable bonds is 9. The molecule has 13 nitrogen and oxygen atoms in total. The molecule has 5 aromatic rings. The molecule has 52 heavy (non-hydrogen) atoms. The van der Waals surface area contributed by atoms with Crippen LogP contribution < -0.4 is 31.3 Å². The van der Waals surface area contributed by atoms with Crippen LogP contribution >= 0.6 is 7.92 Å². The van der Waals surface area contributed by atoms with E-state index in [2.05, 4.69) is 72.8 Å². The molecule has 2 fully saturated rings. The summed E-state index contributed by atoms with van der Waals surface area (Å²) in [5.74, 6) is 1.97. The number of H-pyrrole nitrogens is 1. The Bertz CT molecular complexity index is 2150. The summed E-state index contributed by atoms with van der Waals surface area (Å²) in [4.78, 5) is 34.5. The van der Waals surface area contributed by atoms with Gasteiger partial charge < -0.3 is 35.9 Å². The van der Waals surface area contributed by atoms with Crippen molar-refractivity contribution in [3.63, 3.8) is 0 Å². The minimum Gasteiger partial charge on any atom is -0.491 e. The number of ether oxygens (including phenoxy) is 1. The number of nitrogens with zero attached hydrogens (tertiary/aromatic N) is 8. The van der Waals surface area contributed by atoms with Crippen LogP contribution in [0.5, 0.6) is 5.75 Å². The van der Waals surface area contributed by atoms with Crippen LogP contribution in [0.4, 0.5) is 28.8 Å². The average Bonchev–Trinajstić information content (AvgIpc) is 3.85. The lowest BCUT2D eigenvalue weighted by Crippen LogP contribution is -2.52. The molecule has 14 heteroatoms. The standard InChI is InChI=1S/C38H47N12OP/c1-40-23-24(22-39)28-21-31(34-26(10-20-51-34)33(28)50-14-8-25(9-15-50)49-18-16-48(2)17-19-49)45-38-46-36-27(7-11-43-36)37(47-38)44-30-6-5-29-32(35(30)52(3)4)42-13-12-41-29/h5-7,11-13,21-23,25H,8-10,14-20,39H2,1-4H3,(H3,43,44,45,46,47). The minimum absolute atomic E-state index is 0.446. The van der Waals surface area contributed by atoms with Gasteiger partial charge in [0.1, 0.15) is 17.2 Å². The maximum absolute atomic E-state index is 6.39. The van der Waals surface area contributed by atoms with E-state index >= 15 is 0 Å². The van der Waals surface area contributed by atoms with Gasteiger partial charge in [0, 0.05) is 117 Å². The number of hydrogen-bond donors (Lipinski definition) is 4. The molecule has 2 aromatic carbocycles. The van der Waals surface area contributed by atoms with Gasteiger partial charge in [-0.2, -0.15) is 9.97 Å². The molecule has 8 rings (SSSR count). The molecule has 270 valence electrons. The topological polar surface area (TPSA) is 149 Å². The largest absolute Gasteiger partial charge is 0.491 e. The lowest BCUT2D eigenvalue weighted by molar-refractivity contribution is 0.0982. The van der Waals surface area contributed by atoms with Gasteiger partial charge in [0.05, 0.1) is 34.4 Å². The first kappa shape index (κ1) is 34.3. The summed E-state index contributed by atoms with van der Waals surface area (Å²) in [5, 5.41) is 9.23. The van der Waals surface area contributed by atoms with Gasteiger partial charge in [-0.05, 0) is 57.5 Å². The van der Waals surface area contributed by atoms with E-state index in [0.29, 0.717) is 24.4 Å². The van der Waals surface area contributed by atoms with Gasteiger partial charge in [0.15, 0.2) is 0 Å². The number of aliphatic imine (C=N–C) groups is 1. The van der Waals surface area contributed by atoms with Gasteiger partial charge in [-0.15, -0.1) is 0 Å². The van der Waals surface area contributed by atoms with Crippen LogP contribution in [0, 0.1) is 0 Å². The summed E-state index contributed by atoms with van der Waals surface area (Å²) in [7, 11) is 3.49. The van der Waals surface area contributed by atoms with Crippen molar-refractivity contribution in [2.45, 2.75) is 25.3 Å². The summed E-state index contributed by atoms with van der Waals surface area (Å²) >= 11 is 0. The van der Waals surface area contributed by atoms with Crippen molar-refractivity contribution < 1.29 is 4.74 Å². The molecular formula is C38H47N12OP. The first-order chi connectivity index (χ1) is 25.4. The van der Waals surface area contributed by atoms with Crippen LogP contribution in [-0.2, 0) is 6.42 Å². The number of likely N-dealkylation sites (N-methyl/N-ethyl adjacent to an activating group) is 1. The predicted molar refractivity (Wildman–Crippen MR) is 215 cm³/mol. The summed E-state index contributed by atoms with van der Waals surface area (Å²) in [6.07, 6.45) is 11.9. The molecule has 3 aromatic heterocycles. The van der Waals surface area contributed by atoms with Crippen LogP contribution in [0.25, 0.3) is 27.6 Å². The van der Waals surface area contributed by atoms with Crippen molar-refractivity contribution in [1.29, 1.82) is 0 Å². The van der Waals surface area contributed by atoms with Gasteiger partial charge in [-0.3, -0.25) is 19.9 Å². The highest BCUT2D eigenvalue weighted by Gasteiger charge is 2.32. The molecule has 0 unspecified atom stereocenters. The van der Waals surface area contributed by atoms with Gasteiger partial charge in [-0.1, -0.05) is 7.92 Å². The molecule has 0 spiro atoms. The van der Waals surface area contributed by atoms with Crippen molar-refractivity contribution >= 4 is 75.9 Å². The normalized spacial score (nSPS) is 17.8. The highest BCUT2D eigenvalue weighted by molar-refractivity contribution is 7.65. The Morgan fingerprint density at radius 1 is 1.02 bits per heavy atom. The quantitative estimate of drug-likeness (QED) is 0.122. The molecule has 0 atom stereocenters. The van der Waals surface area contributed by atoms with Gasteiger partial charge in [0.25, 0.3) is 0 Å². The number of piperazine rings is 1. The first-order valence-electron chi connectivity index (χ1n) is 18.1. The Kier molecular flexibility index (Phi) is 9.65. The van der Waals surface area contributed by atoms with E-state index < -0.39 is 7.92 Å². The first-order valence-corrected chi connectivity index (χ1v) is 20.3. The lowest BCUT2D eigenvalue weighted by Gasteiger charge is -2.43. The van der Waals surface area contributed by atoms with E-state index in [-0.39, 0.29) is 0 Å². The highest BCUT2D eigenvalue weighted by atomic mass is 31.1. The van der Waals surface area contributed by atoms with Crippen molar-refractivity contribution in [3.8, 4) is 5.75 Å². The van der Waals surface area contributed by atoms with Crippen LogP contribution in [0.2, 0.25) is 0 Å². The second-order valence-electron chi connectivity index (χ2n) is 14.0. The molecular weight excluding hydrogens is 671 g/mol. The summed E-state index contributed by atoms with van der Waals surface area (Å²) in [5.41, 5.74) is 14.8. The molecule has 0 bridgehead atoms. The number of benzene rings is 2. The second-order valence-corrected chi connectivity index (χ2v) is 16.2. The molecule has 3 aliphatic heterocycles. The Balaban J connectivity index is 1.15. The van der Waals surface area contributed by atoms with E-state index in [0.717, 1.165) is 114 Å². The van der Waals surface area contributed by atoms with Gasteiger partial charge in [0.2, 0.25) is 5.95 Å². The molecule has 0 aliphatic carbocycles. The molecule has 0 radical (unpaired) electrons. The molecule has 5 N–H and O–H groups in total. The number of allylic oxidation sites excluding steroid dienone is 1. The number of anilines is 5. The van der Waals surface area contributed by atoms with E-state index in [9.17, 15) is 0 Å². The summed E-state index contributed by atoms with van der Waals surface area (Å²) in [6, 6.07) is 8.80. The fraction of sp³-hybridized carbons (Fsp3) is 0.395. The summed E-state index contributed by atoms with van der Waals surface area (Å²) in [6.45, 7) is 11.6. The molecule has 0 amide bonds. The number of nitrogens with two attached hydrogens (primary N) is 1. The number of nitrogens with one attached hydrogen (secondary N) is 3. The van der Waals surface area contributed by atoms with Crippen molar-refractivity contribution in [2.75, 3.05) is 88.8 Å². The number of aromatic nitrogens is 5. The highest BCUT2D eigenvalue weighted by Crippen LogP contribution is 2.46. The maximum Gasteiger partial charge on any atom is 0.231 e. The zero-order chi connectivity index (χ0) is 35.8. The third-order valence-corrected chi connectivity index (χ3v) is 11.9. The van der Waals surface area contributed by atoms with Crippen molar-refractivity contribution in [1.82, 2.24) is 34.7 Å². The van der Waals surface area contributed by atoms with E-state index in [1.807, 2.05) is 24.5 Å². The Morgan fingerprint density at radius 2 is 1.83 bits per heavy atom. The summed E-state index contributed by atoms with van der Waals surface area (Å²) < 4.78 is 6.39. The number of piperidine rings is 1. The van der Waals surface area contributed by atoms with Gasteiger partial charge in [-0.25, -0.2) is 0 Å². The zero-order valence-corrected chi connectivity index (χ0v) is 31.2. The van der Waals surface area contributed by atoms with Crippen LogP contribution in [0.1, 0.15) is 24.0 Å². The SMILES string of the molecule is CN=CC(=CN)c1cc(Nc2nc(Nc3ccc4nccnc4c3P(C)C)c3cc[nH]c3n2)c2c(c1N1CCC(N3CCN(C)CC3)CC1)CCO2. The van der Waals surface area contributed by atoms with Crippen LogP contribution in [0.3, 0.4) is 0 Å². The maximum atomic E-state index is 6.39. The molecule has 2 saturated heterocycles. The zero-order valence-electron chi connectivity index (χ0n) is 30.4. The number of hydrogen-bond acceptors (Lipinski definition) is 12. The third kappa shape index (κ3) is 6.53. The van der Waals surface area contributed by atoms with Crippen molar-refractivity contribution in [2.24, 2.45) is 10.7 Å². The van der Waals surface area contributed by atoms with E-state index in [4.69, 9.17) is 25.4 Å². The Hall–Kier alpha value is -4.84. The Morgan fingerprint density at radius 3 is 2.60 bits per heavy atom. The molecule has 6 heterocycles. The fourth-order valence-electron chi connectivity index (χ4n) is 7.94. The van der Waals surface area contributed by atoms with Gasteiger partial charge >= 0.3 is 0 Å². The van der Waals surface area contributed by atoms with E-state index in [1.54, 1.807) is 25.6 Å². The number of aromatic amines is 1. The fourth-order valence-corrected chi connectivity index (χ4v) is 9.14. The minimum atomic E-state index is -0.509. The van der Waals surface area contributed by atoms with Crippen molar-refractivity contribution in [3.05, 3.63) is 60.2 Å². The third-order valence-electron chi connectivity index (χ3n) is 10.5. The second kappa shape index (κ2) is 14.7. The predicted octanol–water partition coefficient (Wildman–Crippen LogP) is 4.91. The van der Waals surface area contributed by atoms with Crippen LogP contribution in [-0.4, -0.2) is 120 Å². The van der Waals surface area contributed by atoms with E-state index in [1.165, 1.54) is 11.3 Å². The lowest BCUT2D eigenvalue weighted by atomic mass is 9.94. The average molecular weight is 719 g/mol. The smallest absolute Gasteiger partial charge is 0.231 e. The molecule has 3 aliphatic rings. The molecule has 0 saturated carbocycles. The number of fused-ring (bicyclic) bond motifs is 3. The Labute approximate surface area is 305 Å².